The molecule has 5 fully saturated rings. The van der Waals surface area contributed by atoms with Crippen molar-refractivity contribution in [3.05, 3.63) is 0 Å². The fraction of sp³-hybridized carbons (Fsp3) is 1.00. The second-order valence-corrected chi connectivity index (χ2v) is 5.68. The summed E-state index contributed by atoms with van der Waals surface area (Å²) in [7, 11) is 0. The van der Waals surface area contributed by atoms with Gasteiger partial charge in [0.05, 0.1) is 0 Å². The largest absolute Gasteiger partial charge is 0.0625 e. The summed E-state index contributed by atoms with van der Waals surface area (Å²) in [5, 5.41) is 0. The van der Waals surface area contributed by atoms with E-state index >= 15 is 0 Å². The second-order valence-electron chi connectivity index (χ2n) is 5.68. The first-order chi connectivity index (χ1) is 5.83. The van der Waals surface area contributed by atoms with Gasteiger partial charge in [0.15, 0.2) is 0 Å². The fourth-order valence-corrected chi connectivity index (χ4v) is 4.31. The minimum atomic E-state index is 1.05. The predicted octanol–water partition coefficient (Wildman–Crippen LogP) is 3.47. The summed E-state index contributed by atoms with van der Waals surface area (Å²) in [6, 6.07) is 0. The Balaban J connectivity index is 1.81. The van der Waals surface area contributed by atoms with Crippen LogP contribution in [-0.4, -0.2) is 0 Å². The van der Waals surface area contributed by atoms with Gasteiger partial charge in [0.25, 0.3) is 0 Å². The first-order valence-electron chi connectivity index (χ1n) is 5.83. The van der Waals surface area contributed by atoms with Crippen LogP contribution in [0.25, 0.3) is 0 Å². The Morgan fingerprint density at radius 3 is 2.50 bits per heavy atom. The maximum atomic E-state index is 2.48. The van der Waals surface area contributed by atoms with E-state index in [4.69, 9.17) is 0 Å². The molecule has 12 heavy (non-hydrogen) atoms. The summed E-state index contributed by atoms with van der Waals surface area (Å²) in [5.41, 5.74) is 0. The van der Waals surface area contributed by atoms with Crippen LogP contribution < -0.4 is 0 Å². The SMILES string of the molecule is CC1CC2CCC3C(C1)CC3C2. The number of hydrogen-bond acceptors (Lipinski definition) is 0. The highest BCUT2D eigenvalue weighted by Gasteiger charge is 2.46. The minimum absolute atomic E-state index is 1.05. The predicted molar refractivity (Wildman–Crippen MR) is 50.8 cm³/mol. The molecule has 5 rings (SSSR count). The molecule has 0 N–H and O–H groups in total. The molecular weight excluding hydrogens is 144 g/mol. The summed E-state index contributed by atoms with van der Waals surface area (Å²) in [5.74, 6) is 5.70. The zero-order valence-electron chi connectivity index (χ0n) is 8.13. The van der Waals surface area contributed by atoms with Crippen LogP contribution in [0.1, 0.15) is 45.4 Å². The molecule has 0 spiro atoms. The van der Waals surface area contributed by atoms with Crippen LogP contribution in [-0.2, 0) is 0 Å². The van der Waals surface area contributed by atoms with Crippen molar-refractivity contribution in [2.45, 2.75) is 45.4 Å². The molecule has 68 valence electrons. The van der Waals surface area contributed by atoms with Crippen molar-refractivity contribution in [2.75, 3.05) is 0 Å². The van der Waals surface area contributed by atoms with Crippen molar-refractivity contribution in [1.29, 1.82) is 0 Å². The third kappa shape index (κ3) is 0.963. The van der Waals surface area contributed by atoms with Gasteiger partial charge in [-0.1, -0.05) is 13.3 Å². The van der Waals surface area contributed by atoms with Gasteiger partial charge in [-0.05, 0) is 61.7 Å². The van der Waals surface area contributed by atoms with Gasteiger partial charge in [-0.2, -0.15) is 0 Å². The van der Waals surface area contributed by atoms with Crippen LogP contribution in [0.5, 0.6) is 0 Å². The molecule has 0 aliphatic heterocycles. The second kappa shape index (κ2) is 2.49. The van der Waals surface area contributed by atoms with Gasteiger partial charge in [0.1, 0.15) is 0 Å². The molecule has 0 aromatic heterocycles. The molecule has 0 saturated heterocycles. The lowest BCUT2D eigenvalue weighted by atomic mass is 9.52. The Kier molecular flexibility index (Phi) is 1.54. The van der Waals surface area contributed by atoms with Gasteiger partial charge in [-0.25, -0.2) is 0 Å². The zero-order valence-corrected chi connectivity index (χ0v) is 8.13. The molecule has 5 saturated carbocycles. The van der Waals surface area contributed by atoms with Gasteiger partial charge in [0, 0.05) is 0 Å². The van der Waals surface area contributed by atoms with Crippen LogP contribution in [0, 0.1) is 29.6 Å². The average molecular weight is 164 g/mol. The van der Waals surface area contributed by atoms with Crippen molar-refractivity contribution in [2.24, 2.45) is 29.6 Å². The monoisotopic (exact) mass is 164 g/mol. The number of hydrogen-bond donors (Lipinski definition) is 0. The molecule has 5 unspecified atom stereocenters. The van der Waals surface area contributed by atoms with Crippen LogP contribution >= 0.6 is 0 Å². The lowest BCUT2D eigenvalue weighted by Gasteiger charge is -2.54. The number of rotatable bonds is 0. The Morgan fingerprint density at radius 1 is 0.833 bits per heavy atom. The minimum Gasteiger partial charge on any atom is -0.0625 e. The van der Waals surface area contributed by atoms with Gasteiger partial charge in [-0.15, -0.1) is 0 Å². The normalized spacial score (nSPS) is 57.2. The molecule has 5 aliphatic rings. The van der Waals surface area contributed by atoms with Crippen molar-refractivity contribution < 1.29 is 0 Å². The maximum Gasteiger partial charge on any atom is -0.0357 e. The average Bonchev–Trinajstić information content (AvgIpc) is 1.96. The molecule has 4 bridgehead atoms. The van der Waals surface area contributed by atoms with E-state index in [0.717, 1.165) is 17.8 Å². The topological polar surface area (TPSA) is 0 Å². The molecule has 0 heteroatoms. The first-order valence-corrected chi connectivity index (χ1v) is 5.83. The molecular formula is C12H20. The third-order valence-corrected chi connectivity index (χ3v) is 4.80. The summed E-state index contributed by atoms with van der Waals surface area (Å²) in [4.78, 5) is 0. The van der Waals surface area contributed by atoms with Gasteiger partial charge in [-0.3, -0.25) is 0 Å². The van der Waals surface area contributed by atoms with Crippen molar-refractivity contribution >= 4 is 0 Å². The van der Waals surface area contributed by atoms with Crippen LogP contribution in [0.15, 0.2) is 0 Å². The smallest absolute Gasteiger partial charge is 0.0357 e. The molecule has 0 nitrogen and oxygen atoms in total. The van der Waals surface area contributed by atoms with E-state index in [1.807, 2.05) is 0 Å². The van der Waals surface area contributed by atoms with Crippen LogP contribution in [0.3, 0.4) is 0 Å². The van der Waals surface area contributed by atoms with Crippen molar-refractivity contribution in [3.63, 3.8) is 0 Å². The van der Waals surface area contributed by atoms with E-state index in [1.165, 1.54) is 11.8 Å². The van der Waals surface area contributed by atoms with E-state index in [1.54, 1.807) is 38.5 Å². The highest BCUT2D eigenvalue weighted by molar-refractivity contribution is 4.96. The molecule has 0 aromatic carbocycles. The third-order valence-electron chi connectivity index (χ3n) is 4.80. The summed E-state index contributed by atoms with van der Waals surface area (Å²) < 4.78 is 0. The highest BCUT2D eigenvalue weighted by atomic mass is 14.5. The molecule has 5 atom stereocenters. The zero-order chi connectivity index (χ0) is 8.13. The molecule has 0 radical (unpaired) electrons. The van der Waals surface area contributed by atoms with E-state index in [0.29, 0.717) is 0 Å². The standard InChI is InChI=1S/C12H20/c1-8-4-9-2-3-12-10(5-8)7-11(12)6-9/h8-12H,2-7H2,1H3. The van der Waals surface area contributed by atoms with Crippen molar-refractivity contribution in [3.8, 4) is 0 Å². The lowest BCUT2D eigenvalue weighted by molar-refractivity contribution is -0.0337. The van der Waals surface area contributed by atoms with Gasteiger partial charge >= 0.3 is 0 Å². The Morgan fingerprint density at radius 2 is 1.67 bits per heavy atom. The Bertz CT molecular complexity index is 176. The van der Waals surface area contributed by atoms with Gasteiger partial charge < -0.3 is 0 Å². The quantitative estimate of drug-likeness (QED) is 0.514. The Labute approximate surface area is 75.7 Å². The summed E-state index contributed by atoms with van der Waals surface area (Å²) >= 11 is 0. The number of fused-ring (bicyclic) bond motifs is 1. The lowest BCUT2D eigenvalue weighted by Crippen LogP contribution is -2.44. The molecule has 0 aromatic rings. The molecule has 5 aliphatic carbocycles. The van der Waals surface area contributed by atoms with Crippen LogP contribution in [0.4, 0.5) is 0 Å². The highest BCUT2D eigenvalue weighted by Crippen LogP contribution is 2.56. The summed E-state index contributed by atoms with van der Waals surface area (Å²) in [6.45, 7) is 2.48. The Hall–Kier alpha value is 0. The molecule has 0 heterocycles. The molecule has 0 amide bonds. The fourth-order valence-electron chi connectivity index (χ4n) is 4.31. The first kappa shape index (κ1) is 7.41. The maximum absolute atomic E-state index is 2.48. The van der Waals surface area contributed by atoms with E-state index in [-0.39, 0.29) is 0 Å². The van der Waals surface area contributed by atoms with E-state index in [2.05, 4.69) is 6.92 Å². The van der Waals surface area contributed by atoms with Crippen LogP contribution in [0.2, 0.25) is 0 Å². The van der Waals surface area contributed by atoms with E-state index < -0.39 is 0 Å². The van der Waals surface area contributed by atoms with E-state index in [9.17, 15) is 0 Å². The van der Waals surface area contributed by atoms with Crippen molar-refractivity contribution in [1.82, 2.24) is 0 Å². The van der Waals surface area contributed by atoms with Gasteiger partial charge in [0.2, 0.25) is 0 Å². The summed E-state index contributed by atoms with van der Waals surface area (Å²) in [6.07, 6.45) is 9.49.